The first-order valence-electron chi connectivity index (χ1n) is 12.5. The lowest BCUT2D eigenvalue weighted by Crippen LogP contribution is -2.46. The van der Waals surface area contributed by atoms with E-state index < -0.39 is 0 Å². The van der Waals surface area contributed by atoms with Crippen LogP contribution in [0.25, 0.3) is 11.0 Å². The van der Waals surface area contributed by atoms with Gasteiger partial charge in [-0.05, 0) is 62.8 Å². The third-order valence-electron chi connectivity index (χ3n) is 7.30. The summed E-state index contributed by atoms with van der Waals surface area (Å²) in [5.74, 6) is 0.379. The van der Waals surface area contributed by atoms with E-state index in [9.17, 15) is 9.59 Å². The van der Waals surface area contributed by atoms with Crippen LogP contribution in [0.1, 0.15) is 38.3 Å². The van der Waals surface area contributed by atoms with Crippen LogP contribution in [-0.2, 0) is 17.9 Å². The lowest BCUT2D eigenvalue weighted by atomic mass is 9.85. The number of hydrogen-bond acceptors (Lipinski definition) is 4. The third-order valence-corrected chi connectivity index (χ3v) is 7.58. The Hall–Kier alpha value is -2.90. The van der Waals surface area contributed by atoms with Crippen molar-refractivity contribution >= 4 is 28.5 Å². The molecule has 2 aliphatic rings. The van der Waals surface area contributed by atoms with Gasteiger partial charge in [-0.3, -0.25) is 18.9 Å². The van der Waals surface area contributed by atoms with Crippen LogP contribution < -0.4 is 16.3 Å². The van der Waals surface area contributed by atoms with Crippen molar-refractivity contribution in [1.82, 2.24) is 24.8 Å². The van der Waals surface area contributed by atoms with Crippen molar-refractivity contribution < 1.29 is 4.79 Å². The Morgan fingerprint density at radius 1 is 1.09 bits per heavy atom. The largest absolute Gasteiger partial charge is 0.350 e. The average Bonchev–Trinajstić information content (AvgIpc) is 3.13. The predicted molar refractivity (Wildman–Crippen MR) is 139 cm³/mol. The fraction of sp³-hybridized carbons (Fsp3) is 0.444. The smallest absolute Gasteiger partial charge is 0.329 e. The molecule has 7 nitrogen and oxygen atoms in total. The van der Waals surface area contributed by atoms with Gasteiger partial charge in [-0.25, -0.2) is 4.79 Å². The van der Waals surface area contributed by atoms with E-state index in [0.717, 1.165) is 48.0 Å². The summed E-state index contributed by atoms with van der Waals surface area (Å²) in [6.45, 7) is 3.82. The number of carbonyl (C=O) groups excluding carboxylic acids is 1. The Morgan fingerprint density at radius 2 is 1.80 bits per heavy atom. The van der Waals surface area contributed by atoms with Crippen LogP contribution in [0.4, 0.5) is 0 Å². The average molecular weight is 494 g/mol. The lowest BCUT2D eigenvalue weighted by molar-refractivity contribution is -0.118. The topological polar surface area (TPSA) is 81.0 Å². The second kappa shape index (κ2) is 10.4. The quantitative estimate of drug-likeness (QED) is 0.515. The van der Waals surface area contributed by atoms with Crippen LogP contribution in [0.3, 0.4) is 0 Å². The van der Waals surface area contributed by atoms with Gasteiger partial charge in [-0.15, -0.1) is 11.6 Å². The third kappa shape index (κ3) is 5.21. The first kappa shape index (κ1) is 23.8. The molecule has 1 saturated carbocycles. The van der Waals surface area contributed by atoms with Crippen molar-refractivity contribution in [2.45, 2.75) is 63.2 Å². The number of para-hydroxylation sites is 2. The Bertz CT molecular complexity index is 1270. The standard InChI is InChI=1S/C27H32ClN5O2/c1-18-23(14-20(28)15-30-18)26(34)31-21-11-9-19(10-12-21)16-32-24-7-2-3-8-25(24)33(27(32)35)17-22-6-4-5-13-29-22/h2-8,13-14,18-21,30H,9-12,15-17H2,1H3,(H,31,34). The van der Waals surface area contributed by atoms with Gasteiger partial charge >= 0.3 is 5.69 Å². The summed E-state index contributed by atoms with van der Waals surface area (Å²) in [4.78, 5) is 30.6. The van der Waals surface area contributed by atoms with Crippen LogP contribution in [0, 0.1) is 5.92 Å². The molecule has 8 heteroatoms. The Kier molecular flexibility index (Phi) is 7.07. The minimum absolute atomic E-state index is 0.00799. The number of imidazole rings is 1. The zero-order valence-electron chi connectivity index (χ0n) is 20.0. The van der Waals surface area contributed by atoms with Gasteiger partial charge in [0.15, 0.2) is 0 Å². The van der Waals surface area contributed by atoms with Gasteiger partial charge in [0.25, 0.3) is 0 Å². The van der Waals surface area contributed by atoms with Gasteiger partial charge in [0.05, 0.1) is 28.6 Å². The number of nitrogens with one attached hydrogen (secondary N) is 2. The molecular formula is C27H32ClN5O2. The van der Waals surface area contributed by atoms with Crippen molar-refractivity contribution in [1.29, 1.82) is 0 Å². The van der Waals surface area contributed by atoms with Crippen LogP contribution in [0.2, 0.25) is 0 Å². The second-order valence-corrected chi connectivity index (χ2v) is 10.3. The van der Waals surface area contributed by atoms with E-state index in [0.29, 0.717) is 25.6 Å². The van der Waals surface area contributed by atoms with E-state index >= 15 is 0 Å². The fourth-order valence-electron chi connectivity index (χ4n) is 5.34. The summed E-state index contributed by atoms with van der Waals surface area (Å²) >= 11 is 6.21. The summed E-state index contributed by atoms with van der Waals surface area (Å²) in [5, 5.41) is 6.33. The van der Waals surface area contributed by atoms with E-state index in [1.807, 2.05) is 64.6 Å². The van der Waals surface area contributed by atoms with Crippen LogP contribution in [0.5, 0.6) is 0 Å². The number of rotatable bonds is 6. The number of halogens is 1. The number of aromatic nitrogens is 3. The number of carbonyl (C=O) groups is 1. The Balaban J connectivity index is 1.25. The molecular weight excluding hydrogens is 462 g/mol. The SMILES string of the molecule is CC1NCC(Cl)C=C1C(=O)NC1CCC(Cn2c(=O)n(Cc3ccccn3)c3ccccc32)CC1. The van der Waals surface area contributed by atoms with Gasteiger partial charge in [-0.1, -0.05) is 24.3 Å². The highest BCUT2D eigenvalue weighted by molar-refractivity contribution is 6.22. The van der Waals surface area contributed by atoms with Gasteiger partial charge in [-0.2, -0.15) is 0 Å². The van der Waals surface area contributed by atoms with Crippen LogP contribution >= 0.6 is 11.6 Å². The van der Waals surface area contributed by atoms with E-state index in [4.69, 9.17) is 11.6 Å². The first-order chi connectivity index (χ1) is 17.0. The summed E-state index contributed by atoms with van der Waals surface area (Å²) in [7, 11) is 0. The highest BCUT2D eigenvalue weighted by Crippen LogP contribution is 2.27. The monoisotopic (exact) mass is 493 g/mol. The molecule has 3 aromatic rings. The first-order valence-corrected chi connectivity index (χ1v) is 12.9. The molecule has 0 saturated heterocycles. The van der Waals surface area contributed by atoms with Gasteiger partial charge in [0.2, 0.25) is 5.91 Å². The highest BCUT2D eigenvalue weighted by Gasteiger charge is 2.28. The summed E-state index contributed by atoms with van der Waals surface area (Å²) < 4.78 is 3.74. The number of alkyl halides is 1. The maximum atomic E-state index is 13.4. The number of benzene rings is 1. The van der Waals surface area contributed by atoms with E-state index in [1.165, 1.54) is 0 Å². The summed E-state index contributed by atoms with van der Waals surface area (Å²) in [6, 6.07) is 13.9. The number of nitrogens with zero attached hydrogens (tertiary/aromatic N) is 3. The van der Waals surface area contributed by atoms with E-state index in [1.54, 1.807) is 6.20 Å². The normalized spacial score (nSPS) is 24.8. The second-order valence-electron chi connectivity index (χ2n) is 9.75. The Labute approximate surface area is 210 Å². The van der Waals surface area contributed by atoms with Crippen LogP contribution in [0.15, 0.2) is 65.1 Å². The molecule has 5 rings (SSSR count). The molecule has 1 amide bonds. The fourth-order valence-corrected chi connectivity index (χ4v) is 5.57. The zero-order chi connectivity index (χ0) is 24.4. The van der Waals surface area contributed by atoms with Crippen molar-refractivity contribution in [3.8, 4) is 0 Å². The van der Waals surface area contributed by atoms with E-state index in [2.05, 4.69) is 15.6 Å². The lowest BCUT2D eigenvalue weighted by Gasteiger charge is -2.31. The molecule has 3 heterocycles. The molecule has 1 aliphatic heterocycles. The molecule has 35 heavy (non-hydrogen) atoms. The van der Waals surface area contributed by atoms with Gasteiger partial charge in [0.1, 0.15) is 0 Å². The molecule has 184 valence electrons. The molecule has 2 atom stereocenters. The van der Waals surface area contributed by atoms with Gasteiger partial charge in [0, 0.05) is 36.9 Å². The van der Waals surface area contributed by atoms with Crippen molar-refractivity contribution in [3.05, 3.63) is 76.5 Å². The van der Waals surface area contributed by atoms with E-state index in [-0.39, 0.29) is 29.1 Å². The maximum Gasteiger partial charge on any atom is 0.329 e. The molecule has 1 aromatic carbocycles. The minimum atomic E-state index is -0.152. The van der Waals surface area contributed by atoms with Crippen molar-refractivity contribution in [2.24, 2.45) is 5.92 Å². The number of pyridine rings is 1. The number of amides is 1. The Morgan fingerprint density at radius 3 is 2.51 bits per heavy atom. The molecule has 2 aromatic heterocycles. The molecule has 2 N–H and O–H groups in total. The van der Waals surface area contributed by atoms with Gasteiger partial charge < -0.3 is 10.6 Å². The zero-order valence-corrected chi connectivity index (χ0v) is 20.7. The van der Waals surface area contributed by atoms with Crippen LogP contribution in [-0.4, -0.2) is 44.0 Å². The maximum absolute atomic E-state index is 13.4. The molecule has 0 bridgehead atoms. The highest BCUT2D eigenvalue weighted by atomic mass is 35.5. The summed E-state index contributed by atoms with van der Waals surface area (Å²) in [6.07, 6.45) is 7.40. The molecule has 0 radical (unpaired) electrons. The number of fused-ring (bicyclic) bond motifs is 1. The molecule has 1 aliphatic carbocycles. The van der Waals surface area contributed by atoms with Crippen molar-refractivity contribution in [2.75, 3.05) is 6.54 Å². The minimum Gasteiger partial charge on any atom is -0.350 e. The van der Waals surface area contributed by atoms with Crippen molar-refractivity contribution in [3.63, 3.8) is 0 Å². The molecule has 0 spiro atoms. The molecule has 2 unspecified atom stereocenters. The molecule has 1 fully saturated rings. The number of hydrogen-bond donors (Lipinski definition) is 2. The predicted octanol–water partition coefficient (Wildman–Crippen LogP) is 3.45. The summed E-state index contributed by atoms with van der Waals surface area (Å²) in [5.41, 5.74) is 3.50.